The first-order valence-corrected chi connectivity index (χ1v) is 12.2. The van der Waals surface area contributed by atoms with E-state index in [4.69, 9.17) is 4.74 Å². The van der Waals surface area contributed by atoms with E-state index < -0.39 is 10.0 Å². The van der Waals surface area contributed by atoms with Crippen LogP contribution in [-0.2, 0) is 14.8 Å². The molecule has 30 heavy (non-hydrogen) atoms. The van der Waals surface area contributed by atoms with Crippen molar-refractivity contribution < 1.29 is 17.9 Å². The van der Waals surface area contributed by atoms with Crippen molar-refractivity contribution in [3.8, 4) is 5.75 Å². The highest BCUT2D eigenvalue weighted by Crippen LogP contribution is 2.25. The van der Waals surface area contributed by atoms with E-state index in [1.807, 2.05) is 31.2 Å². The summed E-state index contributed by atoms with van der Waals surface area (Å²) in [5.41, 5.74) is 1.02. The first-order chi connectivity index (χ1) is 14.3. The van der Waals surface area contributed by atoms with Crippen LogP contribution in [0.1, 0.15) is 18.4 Å². The molecular formula is C22H27BrN2O4S. The maximum Gasteiger partial charge on any atom is 0.243 e. The number of piperidine rings is 1. The van der Waals surface area contributed by atoms with Crippen LogP contribution < -0.4 is 4.74 Å². The summed E-state index contributed by atoms with van der Waals surface area (Å²) in [6.07, 6.45) is 1.06. The molecule has 0 bridgehead atoms. The number of likely N-dealkylation sites (N-methyl/N-ethyl adjacent to an activating group) is 1. The van der Waals surface area contributed by atoms with Gasteiger partial charge in [-0.25, -0.2) is 8.42 Å². The molecule has 162 valence electrons. The molecule has 0 spiro atoms. The third-order valence-corrected chi connectivity index (χ3v) is 7.79. The van der Waals surface area contributed by atoms with Crippen LogP contribution in [0.2, 0.25) is 0 Å². The highest BCUT2D eigenvalue weighted by Gasteiger charge is 2.33. The summed E-state index contributed by atoms with van der Waals surface area (Å²) in [7, 11) is -1.74. The Kier molecular flexibility index (Phi) is 7.55. The third kappa shape index (κ3) is 5.62. The van der Waals surface area contributed by atoms with Gasteiger partial charge in [0.05, 0.1) is 11.4 Å². The van der Waals surface area contributed by atoms with Gasteiger partial charge in [0.1, 0.15) is 12.4 Å². The number of hydrogen-bond acceptors (Lipinski definition) is 4. The number of hydrogen-bond donors (Lipinski definition) is 0. The molecule has 0 aliphatic carbocycles. The number of aryl methyl sites for hydroxylation is 1. The zero-order chi connectivity index (χ0) is 21.7. The maximum absolute atomic E-state index is 12.8. The molecule has 3 rings (SSSR count). The van der Waals surface area contributed by atoms with Gasteiger partial charge in [0.15, 0.2) is 0 Å². The number of amides is 1. The predicted octanol–water partition coefficient (Wildman–Crippen LogP) is 3.70. The molecule has 1 heterocycles. The average Bonchev–Trinajstić information content (AvgIpc) is 2.75. The van der Waals surface area contributed by atoms with Gasteiger partial charge in [-0.05, 0) is 56.2 Å². The average molecular weight is 495 g/mol. The maximum atomic E-state index is 12.8. The normalized spacial score (nSPS) is 15.7. The summed E-state index contributed by atoms with van der Waals surface area (Å²) >= 11 is 3.38. The number of halogens is 1. The van der Waals surface area contributed by atoms with Crippen molar-refractivity contribution in [1.29, 1.82) is 0 Å². The Labute approximate surface area is 187 Å². The van der Waals surface area contributed by atoms with Crippen molar-refractivity contribution in [3.63, 3.8) is 0 Å². The Balaban J connectivity index is 1.48. The van der Waals surface area contributed by atoms with Crippen LogP contribution in [0.5, 0.6) is 5.75 Å². The summed E-state index contributed by atoms with van der Waals surface area (Å²) in [5.74, 6) is 0.641. The second kappa shape index (κ2) is 9.94. The monoisotopic (exact) mass is 494 g/mol. The molecule has 0 N–H and O–H groups in total. The molecule has 2 aromatic rings. The van der Waals surface area contributed by atoms with Gasteiger partial charge >= 0.3 is 0 Å². The number of sulfonamides is 1. The number of nitrogens with zero attached hydrogens (tertiary/aromatic N) is 2. The quantitative estimate of drug-likeness (QED) is 0.588. The van der Waals surface area contributed by atoms with Gasteiger partial charge in [-0.15, -0.1) is 0 Å². The minimum atomic E-state index is -3.51. The Hall–Kier alpha value is -1.90. The molecule has 1 saturated heterocycles. The van der Waals surface area contributed by atoms with E-state index >= 15 is 0 Å². The van der Waals surface area contributed by atoms with E-state index in [2.05, 4.69) is 15.9 Å². The third-order valence-electron chi connectivity index (χ3n) is 5.35. The Bertz CT molecular complexity index is 954. The number of carbonyl (C=O) groups is 1. The fourth-order valence-corrected chi connectivity index (χ4v) is 5.19. The molecule has 0 unspecified atom stereocenters. The Morgan fingerprint density at radius 3 is 2.30 bits per heavy atom. The Morgan fingerprint density at radius 2 is 1.70 bits per heavy atom. The molecule has 0 saturated carbocycles. The first kappa shape index (κ1) is 22.8. The van der Waals surface area contributed by atoms with Crippen molar-refractivity contribution in [3.05, 3.63) is 58.6 Å². The minimum absolute atomic E-state index is 0.0433. The van der Waals surface area contributed by atoms with Crippen molar-refractivity contribution in [1.82, 2.24) is 9.21 Å². The lowest BCUT2D eigenvalue weighted by molar-refractivity contribution is -0.135. The highest BCUT2D eigenvalue weighted by atomic mass is 79.9. The molecule has 1 fully saturated rings. The van der Waals surface area contributed by atoms with E-state index in [1.165, 1.54) is 4.31 Å². The van der Waals surface area contributed by atoms with Gasteiger partial charge in [0.2, 0.25) is 15.9 Å². The van der Waals surface area contributed by atoms with Crippen molar-refractivity contribution in [2.75, 3.05) is 33.3 Å². The number of benzene rings is 2. The van der Waals surface area contributed by atoms with Gasteiger partial charge in [0, 0.05) is 30.5 Å². The van der Waals surface area contributed by atoms with Crippen molar-refractivity contribution in [2.24, 2.45) is 5.92 Å². The van der Waals surface area contributed by atoms with E-state index in [0.29, 0.717) is 44.0 Å². The van der Waals surface area contributed by atoms with Crippen LogP contribution in [0.4, 0.5) is 0 Å². The van der Waals surface area contributed by atoms with Gasteiger partial charge in [-0.2, -0.15) is 4.31 Å². The molecule has 1 aliphatic rings. The van der Waals surface area contributed by atoms with Crippen molar-refractivity contribution >= 4 is 31.9 Å². The summed E-state index contributed by atoms with van der Waals surface area (Å²) in [4.78, 5) is 14.7. The number of rotatable bonds is 7. The van der Waals surface area contributed by atoms with Gasteiger partial charge in [0.25, 0.3) is 0 Å². The van der Waals surface area contributed by atoms with Crippen molar-refractivity contribution in [2.45, 2.75) is 24.7 Å². The molecular weight excluding hydrogens is 468 g/mol. The van der Waals surface area contributed by atoms with Gasteiger partial charge < -0.3 is 9.64 Å². The van der Waals surface area contributed by atoms with Gasteiger partial charge in [-0.1, -0.05) is 33.6 Å². The number of carbonyl (C=O) groups excluding carboxylic acids is 1. The second-order valence-electron chi connectivity index (χ2n) is 7.55. The smallest absolute Gasteiger partial charge is 0.243 e. The lowest BCUT2D eigenvalue weighted by Crippen LogP contribution is -2.44. The topological polar surface area (TPSA) is 66.9 Å². The molecule has 0 aromatic heterocycles. The van der Waals surface area contributed by atoms with E-state index in [9.17, 15) is 13.2 Å². The summed E-state index contributed by atoms with van der Waals surface area (Å²) < 4.78 is 33.8. The zero-order valence-corrected chi connectivity index (χ0v) is 19.7. The summed E-state index contributed by atoms with van der Waals surface area (Å²) in [5, 5.41) is 0. The molecule has 8 heteroatoms. The van der Waals surface area contributed by atoms with E-state index in [-0.39, 0.29) is 11.8 Å². The van der Waals surface area contributed by atoms with Crippen LogP contribution in [0.25, 0.3) is 0 Å². The standard InChI is InChI=1S/C22H27BrN2O4S/c1-17-3-9-21(10-4-17)30(27,28)25-13-11-18(12-14-25)22(26)24(2)15-16-29-20-7-5-19(23)6-8-20/h3-10,18H,11-16H2,1-2H3. The summed E-state index contributed by atoms with van der Waals surface area (Å²) in [6.45, 7) is 3.53. The second-order valence-corrected chi connectivity index (χ2v) is 10.4. The predicted molar refractivity (Wildman–Crippen MR) is 120 cm³/mol. The summed E-state index contributed by atoms with van der Waals surface area (Å²) in [6, 6.07) is 14.4. The molecule has 0 atom stereocenters. The van der Waals surface area contributed by atoms with E-state index in [1.54, 1.807) is 36.2 Å². The lowest BCUT2D eigenvalue weighted by Gasteiger charge is -2.32. The molecule has 1 amide bonds. The fourth-order valence-electron chi connectivity index (χ4n) is 3.46. The van der Waals surface area contributed by atoms with Crippen LogP contribution in [0.15, 0.2) is 57.9 Å². The molecule has 6 nitrogen and oxygen atoms in total. The van der Waals surface area contributed by atoms with Crippen LogP contribution in [-0.4, -0.2) is 56.8 Å². The largest absolute Gasteiger partial charge is 0.492 e. The fraction of sp³-hybridized carbons (Fsp3) is 0.409. The first-order valence-electron chi connectivity index (χ1n) is 9.97. The van der Waals surface area contributed by atoms with E-state index in [0.717, 1.165) is 15.8 Å². The number of ether oxygens (including phenoxy) is 1. The minimum Gasteiger partial charge on any atom is -0.492 e. The van der Waals surface area contributed by atoms with Crippen LogP contribution >= 0.6 is 15.9 Å². The molecule has 1 aliphatic heterocycles. The molecule has 2 aromatic carbocycles. The highest BCUT2D eigenvalue weighted by molar-refractivity contribution is 9.10. The van der Waals surface area contributed by atoms with Crippen LogP contribution in [0, 0.1) is 12.8 Å². The Morgan fingerprint density at radius 1 is 1.10 bits per heavy atom. The zero-order valence-electron chi connectivity index (χ0n) is 17.3. The lowest BCUT2D eigenvalue weighted by atomic mass is 9.97. The SMILES string of the molecule is Cc1ccc(S(=O)(=O)N2CCC(C(=O)N(C)CCOc3ccc(Br)cc3)CC2)cc1. The van der Waals surface area contributed by atoms with Crippen LogP contribution in [0.3, 0.4) is 0 Å². The van der Waals surface area contributed by atoms with Gasteiger partial charge in [-0.3, -0.25) is 4.79 Å². The molecule has 0 radical (unpaired) electrons.